The van der Waals surface area contributed by atoms with E-state index in [9.17, 15) is 0 Å². The van der Waals surface area contributed by atoms with Gasteiger partial charge in [-0.1, -0.05) is 30.3 Å². The summed E-state index contributed by atoms with van der Waals surface area (Å²) in [5, 5.41) is 0. The Labute approximate surface area is 90.0 Å². The summed E-state index contributed by atoms with van der Waals surface area (Å²) in [6, 6.07) is 16.7. The average molecular weight is 196 g/mol. The highest BCUT2D eigenvalue weighted by molar-refractivity contribution is 6.79. The van der Waals surface area contributed by atoms with Crippen molar-refractivity contribution in [1.82, 2.24) is 4.98 Å². The van der Waals surface area contributed by atoms with Gasteiger partial charge in [0.25, 0.3) is 0 Å². The molecule has 15 heavy (non-hydrogen) atoms. The summed E-state index contributed by atoms with van der Waals surface area (Å²) in [7, 11) is 1.68. The Morgan fingerprint density at radius 2 is 2.07 bits per heavy atom. The first kappa shape index (κ1) is 9.93. The Balaban J connectivity index is 2.34. The van der Waals surface area contributed by atoms with E-state index in [0.29, 0.717) is 0 Å². The molecule has 0 saturated carbocycles. The zero-order chi connectivity index (χ0) is 10.5. The highest BCUT2D eigenvalue weighted by Gasteiger charge is 2.20. The molecule has 0 atom stereocenters. The second kappa shape index (κ2) is 4.76. The first-order valence-electron chi connectivity index (χ1n) is 4.82. The summed E-state index contributed by atoms with van der Waals surface area (Å²) in [4.78, 5) is 4.28. The van der Waals surface area contributed by atoms with E-state index in [0.717, 1.165) is 11.1 Å². The number of benzene rings is 1. The van der Waals surface area contributed by atoms with E-state index in [2.05, 4.69) is 11.1 Å². The van der Waals surface area contributed by atoms with Crippen molar-refractivity contribution < 1.29 is 4.65 Å². The lowest BCUT2D eigenvalue weighted by Crippen LogP contribution is -2.45. The molecule has 1 radical (unpaired) electrons. The molecule has 0 aliphatic rings. The molecule has 3 heteroatoms. The summed E-state index contributed by atoms with van der Waals surface area (Å²) in [6.07, 6.45) is 1.77. The van der Waals surface area contributed by atoms with E-state index in [1.54, 1.807) is 13.3 Å². The number of rotatable bonds is 3. The van der Waals surface area contributed by atoms with Gasteiger partial charge in [0.1, 0.15) is 0 Å². The van der Waals surface area contributed by atoms with Gasteiger partial charge in [-0.05, 0) is 23.7 Å². The van der Waals surface area contributed by atoms with Crippen LogP contribution in [0.3, 0.4) is 0 Å². The van der Waals surface area contributed by atoms with Crippen molar-refractivity contribution in [3.63, 3.8) is 0 Å². The van der Waals surface area contributed by atoms with E-state index in [-0.39, 0.29) is 6.92 Å². The fraction of sp³-hybridized carbons (Fsp3) is 0.0833. The normalized spacial score (nSPS) is 9.93. The minimum absolute atomic E-state index is 0.132. The highest BCUT2D eigenvalue weighted by atomic mass is 16.4. The third kappa shape index (κ3) is 2.25. The fourth-order valence-electron chi connectivity index (χ4n) is 1.51. The van der Waals surface area contributed by atoms with Crippen molar-refractivity contribution in [2.24, 2.45) is 0 Å². The Bertz CT molecular complexity index is 365. The number of hydrogen-bond acceptors (Lipinski definition) is 2. The van der Waals surface area contributed by atoms with Crippen molar-refractivity contribution in [3.8, 4) is 0 Å². The molecular weight excluding hydrogens is 185 g/mol. The van der Waals surface area contributed by atoms with Gasteiger partial charge in [0.2, 0.25) is 0 Å². The summed E-state index contributed by atoms with van der Waals surface area (Å²) in [6.45, 7) is -0.132. The maximum absolute atomic E-state index is 5.43. The fourth-order valence-corrected chi connectivity index (χ4v) is 1.51. The van der Waals surface area contributed by atoms with Crippen molar-refractivity contribution in [2.45, 2.75) is 0 Å². The SMILES string of the molecule is COB(c1[c]cccc1)c1ccccn1. The van der Waals surface area contributed by atoms with Gasteiger partial charge >= 0.3 is 6.92 Å². The third-order valence-corrected chi connectivity index (χ3v) is 2.21. The lowest BCUT2D eigenvalue weighted by atomic mass is 9.58. The largest absolute Gasteiger partial charge is 0.429 e. The summed E-state index contributed by atoms with van der Waals surface area (Å²) in [5.74, 6) is 0. The van der Waals surface area contributed by atoms with Crippen LogP contribution in [-0.2, 0) is 4.65 Å². The maximum Gasteiger partial charge on any atom is 0.381 e. The molecule has 1 aromatic heterocycles. The first-order valence-corrected chi connectivity index (χ1v) is 4.82. The highest BCUT2D eigenvalue weighted by Crippen LogP contribution is 1.90. The zero-order valence-corrected chi connectivity index (χ0v) is 8.55. The molecule has 0 spiro atoms. The van der Waals surface area contributed by atoms with Gasteiger partial charge in [0, 0.05) is 18.9 Å². The molecule has 0 amide bonds. The minimum Gasteiger partial charge on any atom is -0.429 e. The predicted octanol–water partition coefficient (Wildman–Crippen LogP) is 0.634. The summed E-state index contributed by atoms with van der Waals surface area (Å²) < 4.78 is 5.43. The van der Waals surface area contributed by atoms with Crippen LogP contribution >= 0.6 is 0 Å². The molecule has 0 bridgehead atoms. The van der Waals surface area contributed by atoms with Crippen LogP contribution in [0, 0.1) is 6.07 Å². The topological polar surface area (TPSA) is 22.1 Å². The second-order valence-corrected chi connectivity index (χ2v) is 3.19. The van der Waals surface area contributed by atoms with Gasteiger partial charge in [-0.25, -0.2) is 0 Å². The van der Waals surface area contributed by atoms with Gasteiger partial charge < -0.3 is 4.65 Å². The minimum atomic E-state index is -0.132. The summed E-state index contributed by atoms with van der Waals surface area (Å²) in [5.41, 5.74) is 1.90. The Hall–Kier alpha value is -1.61. The molecule has 1 heterocycles. The molecule has 0 aliphatic heterocycles. The molecule has 1 aromatic carbocycles. The smallest absolute Gasteiger partial charge is 0.381 e. The molecule has 0 aliphatic carbocycles. The van der Waals surface area contributed by atoms with Gasteiger partial charge in [-0.2, -0.15) is 0 Å². The van der Waals surface area contributed by atoms with Crippen molar-refractivity contribution in [1.29, 1.82) is 0 Å². The number of hydrogen-bond donors (Lipinski definition) is 0. The Kier molecular flexibility index (Phi) is 3.15. The van der Waals surface area contributed by atoms with Crippen LogP contribution in [0.15, 0.2) is 48.7 Å². The van der Waals surface area contributed by atoms with Crippen molar-refractivity contribution >= 4 is 18.0 Å². The number of pyridine rings is 1. The first-order chi connectivity index (χ1) is 7.42. The molecule has 73 valence electrons. The molecule has 2 nitrogen and oxygen atoms in total. The van der Waals surface area contributed by atoms with Crippen LogP contribution < -0.4 is 11.1 Å². The molecular formula is C12H11BNO. The van der Waals surface area contributed by atoms with Crippen LogP contribution in [0.4, 0.5) is 0 Å². The number of aromatic nitrogens is 1. The molecule has 0 fully saturated rings. The van der Waals surface area contributed by atoms with Crippen molar-refractivity contribution in [3.05, 3.63) is 54.7 Å². The lowest BCUT2D eigenvalue weighted by molar-refractivity contribution is 0.438. The predicted molar refractivity (Wildman–Crippen MR) is 61.5 cm³/mol. The van der Waals surface area contributed by atoms with E-state index in [1.165, 1.54) is 0 Å². The standard InChI is InChI=1S/C12H11BNO/c1-15-13(11-7-3-2-4-8-11)12-9-5-6-10-14-12/h2-7,9-10H,1H3. The quantitative estimate of drug-likeness (QED) is 0.672. The van der Waals surface area contributed by atoms with Crippen molar-refractivity contribution in [2.75, 3.05) is 7.11 Å². The average Bonchev–Trinajstić information content (AvgIpc) is 2.33. The van der Waals surface area contributed by atoms with E-state index in [4.69, 9.17) is 4.65 Å². The molecule has 2 aromatic rings. The molecule has 0 N–H and O–H groups in total. The van der Waals surface area contributed by atoms with Crippen LogP contribution in [0.1, 0.15) is 0 Å². The van der Waals surface area contributed by atoms with E-state index in [1.807, 2.05) is 42.5 Å². The van der Waals surface area contributed by atoms with Gasteiger partial charge in [-0.3, -0.25) is 4.98 Å². The second-order valence-electron chi connectivity index (χ2n) is 3.19. The van der Waals surface area contributed by atoms with E-state index >= 15 is 0 Å². The summed E-state index contributed by atoms with van der Waals surface area (Å²) >= 11 is 0. The van der Waals surface area contributed by atoms with Crippen LogP contribution in [0.2, 0.25) is 0 Å². The van der Waals surface area contributed by atoms with Gasteiger partial charge in [0.05, 0.1) is 0 Å². The van der Waals surface area contributed by atoms with E-state index < -0.39 is 0 Å². The zero-order valence-electron chi connectivity index (χ0n) is 8.55. The van der Waals surface area contributed by atoms with Gasteiger partial charge in [0.15, 0.2) is 0 Å². The van der Waals surface area contributed by atoms with Gasteiger partial charge in [-0.15, -0.1) is 0 Å². The van der Waals surface area contributed by atoms with Crippen LogP contribution in [0.5, 0.6) is 0 Å². The lowest BCUT2D eigenvalue weighted by Gasteiger charge is -2.09. The van der Waals surface area contributed by atoms with Crippen LogP contribution in [0.25, 0.3) is 0 Å². The molecule has 0 unspecified atom stereocenters. The maximum atomic E-state index is 5.43. The Morgan fingerprint density at radius 1 is 1.20 bits per heavy atom. The monoisotopic (exact) mass is 196 g/mol. The number of nitrogens with zero attached hydrogens (tertiary/aromatic N) is 1. The molecule has 2 rings (SSSR count). The molecule has 0 saturated heterocycles. The third-order valence-electron chi connectivity index (χ3n) is 2.21. The van der Waals surface area contributed by atoms with Crippen LogP contribution in [-0.4, -0.2) is 19.0 Å². The Morgan fingerprint density at radius 3 is 2.67 bits per heavy atom.